The lowest BCUT2D eigenvalue weighted by Crippen LogP contribution is -2.54. The van der Waals surface area contributed by atoms with Gasteiger partial charge in [0.15, 0.2) is 0 Å². The number of rotatable bonds is 4. The number of likely N-dealkylation sites (N-methyl/N-ethyl adjacent to an activating group) is 1. The Morgan fingerprint density at radius 2 is 2.00 bits per heavy atom. The Balaban J connectivity index is 1.52. The molecule has 0 aliphatic heterocycles. The fourth-order valence-corrected chi connectivity index (χ4v) is 7.07. The van der Waals surface area contributed by atoms with Crippen molar-refractivity contribution in [3.05, 3.63) is 12.2 Å². The lowest BCUT2D eigenvalue weighted by Gasteiger charge is -2.60. The van der Waals surface area contributed by atoms with Crippen LogP contribution in [0.1, 0.15) is 65.2 Å². The van der Waals surface area contributed by atoms with Gasteiger partial charge in [0.1, 0.15) is 12.4 Å². The molecule has 150 valence electrons. The SMILES string of the molecule is C=C1CC2C/C(=N\OCCNC)CC[C@]2(C)[C@H]2CC[C@]3(C)C(=O)CC[C@H]3[C@H]12. The number of oxime groups is 1. The van der Waals surface area contributed by atoms with Crippen LogP contribution in [0.3, 0.4) is 0 Å². The predicted octanol–water partition coefficient (Wildman–Crippen LogP) is 4.36. The van der Waals surface area contributed by atoms with Crippen LogP contribution >= 0.6 is 0 Å². The monoisotopic (exact) mass is 372 g/mol. The van der Waals surface area contributed by atoms with E-state index in [1.807, 2.05) is 7.05 Å². The van der Waals surface area contributed by atoms with Gasteiger partial charge in [-0.05, 0) is 81.1 Å². The molecule has 4 heteroatoms. The van der Waals surface area contributed by atoms with Gasteiger partial charge in [-0.25, -0.2) is 0 Å². The van der Waals surface area contributed by atoms with Crippen molar-refractivity contribution in [3.63, 3.8) is 0 Å². The van der Waals surface area contributed by atoms with Gasteiger partial charge in [-0.15, -0.1) is 0 Å². The summed E-state index contributed by atoms with van der Waals surface area (Å²) < 4.78 is 0. The number of carbonyl (C=O) groups excluding carboxylic acids is 1. The molecule has 4 aliphatic carbocycles. The summed E-state index contributed by atoms with van der Waals surface area (Å²) in [6.45, 7) is 10.8. The zero-order valence-corrected chi connectivity index (χ0v) is 17.4. The first-order valence-corrected chi connectivity index (χ1v) is 10.9. The van der Waals surface area contributed by atoms with Crippen LogP contribution in [0.2, 0.25) is 0 Å². The van der Waals surface area contributed by atoms with Gasteiger partial charge in [-0.1, -0.05) is 31.2 Å². The van der Waals surface area contributed by atoms with Gasteiger partial charge in [0.2, 0.25) is 0 Å². The van der Waals surface area contributed by atoms with Gasteiger partial charge in [0.25, 0.3) is 0 Å². The molecule has 4 aliphatic rings. The van der Waals surface area contributed by atoms with Crippen LogP contribution < -0.4 is 5.32 Å². The number of carbonyl (C=O) groups is 1. The van der Waals surface area contributed by atoms with Crippen LogP contribution in [-0.2, 0) is 9.63 Å². The summed E-state index contributed by atoms with van der Waals surface area (Å²) in [6, 6.07) is 0. The van der Waals surface area contributed by atoms with Gasteiger partial charge in [-0.3, -0.25) is 4.79 Å². The number of hydrogen-bond acceptors (Lipinski definition) is 4. The maximum Gasteiger partial charge on any atom is 0.139 e. The van der Waals surface area contributed by atoms with Crippen molar-refractivity contribution in [1.82, 2.24) is 5.32 Å². The second-order valence-corrected chi connectivity index (χ2v) is 10.0. The zero-order valence-electron chi connectivity index (χ0n) is 17.4. The number of fused-ring (bicyclic) bond motifs is 5. The number of allylic oxidation sites excluding steroid dienone is 1. The molecule has 0 bridgehead atoms. The first-order valence-electron chi connectivity index (χ1n) is 10.9. The molecule has 0 heterocycles. The second-order valence-electron chi connectivity index (χ2n) is 10.0. The highest BCUT2D eigenvalue weighted by Gasteiger charge is 2.61. The molecule has 4 saturated carbocycles. The summed E-state index contributed by atoms with van der Waals surface area (Å²) in [4.78, 5) is 18.1. The van der Waals surface area contributed by atoms with Crippen LogP contribution in [0.25, 0.3) is 0 Å². The molecule has 0 spiro atoms. The molecule has 1 unspecified atom stereocenters. The van der Waals surface area contributed by atoms with Crippen molar-refractivity contribution in [1.29, 1.82) is 0 Å². The smallest absolute Gasteiger partial charge is 0.139 e. The van der Waals surface area contributed by atoms with Gasteiger partial charge >= 0.3 is 0 Å². The molecule has 0 radical (unpaired) electrons. The minimum absolute atomic E-state index is 0.0737. The van der Waals surface area contributed by atoms with E-state index in [4.69, 9.17) is 4.84 Å². The molecule has 4 nitrogen and oxygen atoms in total. The molecular weight excluding hydrogens is 336 g/mol. The van der Waals surface area contributed by atoms with E-state index in [1.54, 1.807) is 0 Å². The average Bonchev–Trinajstić information content (AvgIpc) is 2.95. The van der Waals surface area contributed by atoms with E-state index in [-0.39, 0.29) is 5.41 Å². The minimum Gasteiger partial charge on any atom is -0.394 e. The molecule has 0 aromatic heterocycles. The maximum absolute atomic E-state index is 12.6. The van der Waals surface area contributed by atoms with Gasteiger partial charge in [0, 0.05) is 18.4 Å². The summed E-state index contributed by atoms with van der Waals surface area (Å²) >= 11 is 0. The largest absolute Gasteiger partial charge is 0.394 e. The van der Waals surface area contributed by atoms with E-state index in [1.165, 1.54) is 24.1 Å². The highest BCUT2D eigenvalue weighted by atomic mass is 16.6. The summed E-state index contributed by atoms with van der Waals surface area (Å²) in [5.74, 6) is 2.94. The lowest BCUT2D eigenvalue weighted by atomic mass is 9.44. The van der Waals surface area contributed by atoms with E-state index < -0.39 is 0 Å². The predicted molar refractivity (Wildman–Crippen MR) is 109 cm³/mol. The number of ketones is 1. The molecule has 0 saturated heterocycles. The Kier molecular flexibility index (Phi) is 4.99. The van der Waals surface area contributed by atoms with Crippen molar-refractivity contribution in [2.45, 2.75) is 65.2 Å². The Morgan fingerprint density at radius 1 is 1.19 bits per heavy atom. The normalized spacial score (nSPS) is 45.4. The topological polar surface area (TPSA) is 50.7 Å². The van der Waals surface area contributed by atoms with Gasteiger partial charge in [-0.2, -0.15) is 0 Å². The standard InChI is InChI=1S/C23H36N2O2/c1-15-13-16-14-17(25-27-12-11-24-4)7-9-22(16,2)19-8-10-23(3)18(21(15)19)5-6-20(23)26/h16,18-19,21,24H,1,5-14H2,2-4H3/b25-17-/t16?,18-,19-,21-,22-,23-/m0/s1. The van der Waals surface area contributed by atoms with Crippen molar-refractivity contribution >= 4 is 11.5 Å². The summed E-state index contributed by atoms with van der Waals surface area (Å²) in [5, 5.41) is 7.54. The van der Waals surface area contributed by atoms with Crippen LogP contribution in [0.15, 0.2) is 17.3 Å². The van der Waals surface area contributed by atoms with Crippen LogP contribution in [0.4, 0.5) is 0 Å². The number of nitrogens with zero attached hydrogens (tertiary/aromatic N) is 1. The van der Waals surface area contributed by atoms with Crippen molar-refractivity contribution in [2.24, 2.45) is 39.7 Å². The van der Waals surface area contributed by atoms with E-state index in [9.17, 15) is 4.79 Å². The Bertz CT molecular complexity index is 657. The number of hydrogen-bond donors (Lipinski definition) is 1. The summed E-state index contributed by atoms with van der Waals surface area (Å²) in [6.07, 6.45) is 8.58. The highest BCUT2D eigenvalue weighted by Crippen LogP contribution is 2.66. The van der Waals surface area contributed by atoms with Crippen LogP contribution in [0.5, 0.6) is 0 Å². The molecule has 4 fully saturated rings. The first-order chi connectivity index (χ1) is 12.9. The highest BCUT2D eigenvalue weighted by molar-refractivity contribution is 5.87. The first kappa shape index (κ1) is 19.2. The molecule has 0 aromatic carbocycles. The summed E-state index contributed by atoms with van der Waals surface area (Å²) in [5.41, 5.74) is 2.94. The van der Waals surface area contributed by atoms with E-state index in [0.29, 0.717) is 41.5 Å². The van der Waals surface area contributed by atoms with E-state index in [0.717, 1.165) is 45.1 Å². The van der Waals surface area contributed by atoms with Crippen molar-refractivity contribution in [3.8, 4) is 0 Å². The van der Waals surface area contributed by atoms with E-state index in [2.05, 4.69) is 30.9 Å². The third kappa shape index (κ3) is 2.99. The molecule has 1 N–H and O–H groups in total. The lowest BCUT2D eigenvalue weighted by molar-refractivity contribution is -0.133. The molecular formula is C23H36N2O2. The van der Waals surface area contributed by atoms with Crippen molar-refractivity contribution < 1.29 is 9.63 Å². The Morgan fingerprint density at radius 3 is 2.78 bits per heavy atom. The second kappa shape index (κ2) is 7.02. The molecule has 27 heavy (non-hydrogen) atoms. The van der Waals surface area contributed by atoms with Crippen LogP contribution in [-0.4, -0.2) is 31.7 Å². The third-order valence-corrected chi connectivity index (χ3v) is 8.81. The maximum atomic E-state index is 12.6. The fourth-order valence-electron chi connectivity index (χ4n) is 7.07. The fraction of sp³-hybridized carbons (Fsp3) is 0.826. The third-order valence-electron chi connectivity index (χ3n) is 8.81. The number of Topliss-reactive ketones (excluding diaryl/α,β-unsaturated/α-hetero) is 1. The van der Waals surface area contributed by atoms with E-state index >= 15 is 0 Å². The molecule has 0 aromatic rings. The Labute approximate surface area is 164 Å². The van der Waals surface area contributed by atoms with Crippen LogP contribution in [0, 0.1) is 34.5 Å². The molecule has 6 atom stereocenters. The quantitative estimate of drug-likeness (QED) is 0.453. The zero-order chi connectivity index (χ0) is 19.2. The Hall–Kier alpha value is -1.16. The average molecular weight is 373 g/mol. The van der Waals surface area contributed by atoms with Gasteiger partial charge < -0.3 is 10.2 Å². The van der Waals surface area contributed by atoms with Gasteiger partial charge in [0.05, 0.1) is 5.71 Å². The summed E-state index contributed by atoms with van der Waals surface area (Å²) in [7, 11) is 1.93. The molecule has 4 rings (SSSR count). The minimum atomic E-state index is -0.0737. The molecule has 0 amide bonds. The number of nitrogens with one attached hydrogen (secondary N) is 1. The van der Waals surface area contributed by atoms with Crippen molar-refractivity contribution in [2.75, 3.05) is 20.2 Å².